The minimum absolute atomic E-state index is 0.0145. The van der Waals surface area contributed by atoms with E-state index < -0.39 is 6.08 Å². The molecule has 2 aliphatic rings. The van der Waals surface area contributed by atoms with Crippen LogP contribution >= 0.6 is 0 Å². The average Bonchev–Trinajstić information content (AvgIpc) is 2.75. The Morgan fingerprint density at radius 1 is 1.50 bits per heavy atom. The quantitative estimate of drug-likeness (QED) is 0.763. The minimum Gasteiger partial charge on any atom is -0.393 e. The highest BCUT2D eigenvalue weighted by molar-refractivity contribution is 5.10. The zero-order valence-electron chi connectivity index (χ0n) is 7.93. The number of hydrogen-bond donors (Lipinski definition) is 1. The Bertz CT molecular complexity index is 255. The van der Waals surface area contributed by atoms with Gasteiger partial charge in [0.25, 0.3) is 6.08 Å². The van der Waals surface area contributed by atoms with E-state index in [4.69, 9.17) is 9.84 Å². The highest BCUT2D eigenvalue weighted by Gasteiger charge is 2.46. The third-order valence-corrected chi connectivity index (χ3v) is 3.02. The van der Waals surface area contributed by atoms with Crippen LogP contribution in [0.3, 0.4) is 0 Å². The van der Waals surface area contributed by atoms with Crippen LogP contribution in [0, 0.1) is 0 Å². The first kappa shape index (κ1) is 10.1. The van der Waals surface area contributed by atoms with Crippen LogP contribution in [0.5, 0.6) is 0 Å². The number of rotatable bonds is 3. The molecule has 2 aliphatic carbocycles. The van der Waals surface area contributed by atoms with E-state index in [0.717, 1.165) is 12.8 Å². The Hall–Kier alpha value is -0.480. The lowest BCUT2D eigenvalue weighted by Gasteiger charge is -2.18. The fourth-order valence-electron chi connectivity index (χ4n) is 1.89. The van der Waals surface area contributed by atoms with Crippen molar-refractivity contribution in [2.75, 3.05) is 6.61 Å². The maximum Gasteiger partial charge on any atom is 0.269 e. The lowest BCUT2D eigenvalue weighted by molar-refractivity contribution is -0.0528. The highest BCUT2D eigenvalue weighted by Crippen LogP contribution is 2.43. The van der Waals surface area contributed by atoms with Gasteiger partial charge in [-0.3, -0.25) is 0 Å². The molecule has 2 saturated carbocycles. The number of halogens is 2. The first-order valence-corrected chi connectivity index (χ1v) is 4.97. The van der Waals surface area contributed by atoms with Gasteiger partial charge in [0, 0.05) is 6.42 Å². The smallest absolute Gasteiger partial charge is 0.269 e. The van der Waals surface area contributed by atoms with Gasteiger partial charge in [-0.15, -0.1) is 0 Å². The molecule has 0 aromatic heterocycles. The van der Waals surface area contributed by atoms with E-state index >= 15 is 0 Å². The Morgan fingerprint density at radius 2 is 2.21 bits per heavy atom. The highest BCUT2D eigenvalue weighted by atomic mass is 19.3. The maximum absolute atomic E-state index is 12.2. The molecule has 1 N–H and O–H groups in total. The van der Waals surface area contributed by atoms with Gasteiger partial charge in [-0.25, -0.2) is 0 Å². The van der Waals surface area contributed by atoms with E-state index in [1.165, 1.54) is 0 Å². The van der Waals surface area contributed by atoms with E-state index in [-0.39, 0.29) is 23.9 Å². The van der Waals surface area contributed by atoms with Crippen LogP contribution < -0.4 is 0 Å². The lowest BCUT2D eigenvalue weighted by Crippen LogP contribution is -2.25. The molecule has 0 bridgehead atoms. The molecule has 0 aromatic rings. The van der Waals surface area contributed by atoms with Crippen molar-refractivity contribution in [1.82, 2.24) is 0 Å². The van der Waals surface area contributed by atoms with Crippen LogP contribution in [0.4, 0.5) is 8.78 Å². The number of ether oxygens (including phenoxy) is 1. The van der Waals surface area contributed by atoms with Gasteiger partial charge >= 0.3 is 0 Å². The van der Waals surface area contributed by atoms with Crippen LogP contribution in [0.2, 0.25) is 0 Å². The van der Waals surface area contributed by atoms with Crippen molar-refractivity contribution in [3.8, 4) is 0 Å². The standard InChI is InChI=1S/C10H14F2O2/c11-9(12)7-1-2-8(5-7)14-10(6-13)3-4-10/h8,13H,1-6H2. The summed E-state index contributed by atoms with van der Waals surface area (Å²) in [5.41, 5.74) is -0.156. The summed E-state index contributed by atoms with van der Waals surface area (Å²) in [6.07, 6.45) is 1.49. The van der Waals surface area contributed by atoms with Gasteiger partial charge < -0.3 is 9.84 Å². The van der Waals surface area contributed by atoms with E-state index in [2.05, 4.69) is 0 Å². The van der Waals surface area contributed by atoms with E-state index in [1.54, 1.807) is 0 Å². The fourth-order valence-corrected chi connectivity index (χ4v) is 1.89. The zero-order valence-corrected chi connectivity index (χ0v) is 7.93. The third kappa shape index (κ3) is 1.96. The second-order valence-electron chi connectivity index (χ2n) is 4.19. The van der Waals surface area contributed by atoms with Crippen LogP contribution in [0.15, 0.2) is 11.7 Å². The Kier molecular flexibility index (Phi) is 2.58. The van der Waals surface area contributed by atoms with Crippen molar-refractivity contribution in [3.63, 3.8) is 0 Å². The summed E-state index contributed by atoms with van der Waals surface area (Å²) < 4.78 is 30.1. The molecule has 2 fully saturated rings. The van der Waals surface area contributed by atoms with Crippen molar-refractivity contribution in [1.29, 1.82) is 0 Å². The van der Waals surface area contributed by atoms with Crippen LogP contribution in [0.25, 0.3) is 0 Å². The van der Waals surface area contributed by atoms with Gasteiger partial charge in [-0.05, 0) is 31.3 Å². The Labute approximate surface area is 81.6 Å². The summed E-state index contributed by atoms with van der Waals surface area (Å²) in [6.45, 7) is 0.0145. The molecule has 0 heterocycles. The molecular weight excluding hydrogens is 190 g/mol. The second-order valence-corrected chi connectivity index (χ2v) is 4.19. The molecule has 0 saturated heterocycles. The summed E-state index contributed by atoms with van der Waals surface area (Å²) in [5, 5.41) is 9.01. The largest absolute Gasteiger partial charge is 0.393 e. The summed E-state index contributed by atoms with van der Waals surface area (Å²) in [5.74, 6) is 0. The Morgan fingerprint density at radius 3 is 2.64 bits per heavy atom. The van der Waals surface area contributed by atoms with Crippen LogP contribution in [-0.2, 0) is 4.74 Å². The molecular formula is C10H14F2O2. The molecule has 0 aromatic carbocycles. The van der Waals surface area contributed by atoms with Crippen molar-refractivity contribution in [2.45, 2.75) is 43.8 Å². The first-order valence-electron chi connectivity index (χ1n) is 4.97. The van der Waals surface area contributed by atoms with Crippen molar-refractivity contribution < 1.29 is 18.6 Å². The molecule has 4 heteroatoms. The molecule has 0 aliphatic heterocycles. The molecule has 80 valence electrons. The van der Waals surface area contributed by atoms with Crippen molar-refractivity contribution >= 4 is 0 Å². The number of aliphatic hydroxyl groups is 1. The van der Waals surface area contributed by atoms with E-state index in [0.29, 0.717) is 19.3 Å². The van der Waals surface area contributed by atoms with Crippen LogP contribution in [-0.4, -0.2) is 23.4 Å². The second kappa shape index (κ2) is 3.59. The van der Waals surface area contributed by atoms with Crippen LogP contribution in [0.1, 0.15) is 32.1 Å². The summed E-state index contributed by atoms with van der Waals surface area (Å²) in [4.78, 5) is 0. The van der Waals surface area contributed by atoms with Crippen molar-refractivity contribution in [2.24, 2.45) is 0 Å². The van der Waals surface area contributed by atoms with Gasteiger partial charge in [0.1, 0.15) is 0 Å². The number of hydrogen-bond acceptors (Lipinski definition) is 2. The van der Waals surface area contributed by atoms with Gasteiger partial charge in [0.2, 0.25) is 0 Å². The van der Waals surface area contributed by atoms with Gasteiger partial charge in [-0.1, -0.05) is 0 Å². The Balaban J connectivity index is 1.88. The van der Waals surface area contributed by atoms with Crippen molar-refractivity contribution in [3.05, 3.63) is 11.7 Å². The molecule has 0 radical (unpaired) electrons. The zero-order chi connectivity index (χ0) is 10.2. The predicted octanol–water partition coefficient (Wildman–Crippen LogP) is 2.23. The van der Waals surface area contributed by atoms with E-state index in [1.807, 2.05) is 0 Å². The number of aliphatic hydroxyl groups excluding tert-OH is 1. The molecule has 1 unspecified atom stereocenters. The van der Waals surface area contributed by atoms with Gasteiger partial charge in [0.05, 0.1) is 18.3 Å². The topological polar surface area (TPSA) is 29.5 Å². The van der Waals surface area contributed by atoms with E-state index in [9.17, 15) is 8.78 Å². The monoisotopic (exact) mass is 204 g/mol. The molecule has 2 rings (SSSR count). The molecule has 1 atom stereocenters. The summed E-state index contributed by atoms with van der Waals surface area (Å²) >= 11 is 0. The lowest BCUT2D eigenvalue weighted by atomic mass is 10.2. The third-order valence-electron chi connectivity index (χ3n) is 3.02. The first-order chi connectivity index (χ1) is 6.65. The average molecular weight is 204 g/mol. The molecule has 14 heavy (non-hydrogen) atoms. The normalized spacial score (nSPS) is 29.4. The SMILES string of the molecule is OCC1(OC2CCC(=C(F)F)C2)CC1. The fraction of sp³-hybridized carbons (Fsp3) is 0.800. The van der Waals surface area contributed by atoms with Gasteiger partial charge in [-0.2, -0.15) is 8.78 Å². The molecule has 0 amide bonds. The summed E-state index contributed by atoms with van der Waals surface area (Å²) in [6, 6.07) is 0. The molecule has 2 nitrogen and oxygen atoms in total. The van der Waals surface area contributed by atoms with Gasteiger partial charge in [0.15, 0.2) is 0 Å². The molecule has 0 spiro atoms. The minimum atomic E-state index is -1.55. The maximum atomic E-state index is 12.2. The predicted molar refractivity (Wildman–Crippen MR) is 47.0 cm³/mol. The summed E-state index contributed by atoms with van der Waals surface area (Å²) in [7, 11) is 0.